The summed E-state index contributed by atoms with van der Waals surface area (Å²) in [7, 11) is 1.58. The molecule has 1 atom stereocenters. The van der Waals surface area contributed by atoms with Crippen LogP contribution in [0.4, 0.5) is 4.39 Å². The SMILES string of the molecule is COCC(CCO)NCc1cc(F)ccc1C#N. The van der Waals surface area contributed by atoms with E-state index in [4.69, 9.17) is 15.1 Å². The second kappa shape index (κ2) is 7.77. The Balaban J connectivity index is 2.66. The molecule has 0 fully saturated rings. The van der Waals surface area contributed by atoms with Crippen LogP contribution >= 0.6 is 0 Å². The fourth-order valence-corrected chi connectivity index (χ4v) is 1.67. The zero-order valence-electron chi connectivity index (χ0n) is 10.3. The molecule has 5 heteroatoms. The molecule has 0 heterocycles. The number of ether oxygens (including phenoxy) is 1. The summed E-state index contributed by atoms with van der Waals surface area (Å²) in [6.45, 7) is 0.877. The fraction of sp³-hybridized carbons (Fsp3) is 0.462. The Kier molecular flexibility index (Phi) is 6.29. The van der Waals surface area contributed by atoms with Crippen LogP contribution in [0.15, 0.2) is 18.2 Å². The van der Waals surface area contributed by atoms with Crippen molar-refractivity contribution in [3.05, 3.63) is 35.1 Å². The molecule has 18 heavy (non-hydrogen) atoms. The van der Waals surface area contributed by atoms with Crippen molar-refractivity contribution in [2.24, 2.45) is 0 Å². The van der Waals surface area contributed by atoms with Crippen LogP contribution in [-0.4, -0.2) is 31.5 Å². The van der Waals surface area contributed by atoms with Crippen LogP contribution in [0.3, 0.4) is 0 Å². The number of nitrogens with one attached hydrogen (secondary N) is 1. The Bertz CT molecular complexity index is 412. The summed E-state index contributed by atoms with van der Waals surface area (Å²) >= 11 is 0. The standard InChI is InChI=1S/C13H17FN2O2/c1-18-9-13(4-5-17)16-8-11-6-12(14)3-2-10(11)7-15/h2-3,6,13,16-17H,4-5,8-9H2,1H3. The summed E-state index contributed by atoms with van der Waals surface area (Å²) in [5.74, 6) is -0.365. The smallest absolute Gasteiger partial charge is 0.123 e. The van der Waals surface area contributed by atoms with Gasteiger partial charge in [0.1, 0.15) is 5.82 Å². The Labute approximate surface area is 106 Å². The number of nitrogens with zero attached hydrogens (tertiary/aromatic N) is 1. The zero-order valence-corrected chi connectivity index (χ0v) is 10.3. The zero-order chi connectivity index (χ0) is 13.4. The Hall–Kier alpha value is -1.48. The lowest BCUT2D eigenvalue weighted by molar-refractivity contribution is 0.148. The van der Waals surface area contributed by atoms with Crippen LogP contribution in [0, 0.1) is 17.1 Å². The minimum atomic E-state index is -0.365. The molecule has 0 saturated carbocycles. The van der Waals surface area contributed by atoms with Crippen LogP contribution in [-0.2, 0) is 11.3 Å². The molecule has 1 unspecified atom stereocenters. The van der Waals surface area contributed by atoms with Gasteiger partial charge in [0.15, 0.2) is 0 Å². The Morgan fingerprint density at radius 1 is 1.56 bits per heavy atom. The molecule has 0 aromatic heterocycles. The molecule has 98 valence electrons. The lowest BCUT2D eigenvalue weighted by Gasteiger charge is -2.17. The third-order valence-corrected chi connectivity index (χ3v) is 2.61. The van der Waals surface area contributed by atoms with Crippen molar-refractivity contribution in [1.29, 1.82) is 5.26 Å². The first-order chi connectivity index (χ1) is 8.71. The Morgan fingerprint density at radius 2 is 2.33 bits per heavy atom. The first-order valence-electron chi connectivity index (χ1n) is 5.73. The molecule has 0 spiro atoms. The molecule has 4 nitrogen and oxygen atoms in total. The van der Waals surface area contributed by atoms with Gasteiger partial charge in [-0.2, -0.15) is 5.26 Å². The molecule has 0 aliphatic heterocycles. The number of halogens is 1. The van der Waals surface area contributed by atoms with Crippen LogP contribution in [0.5, 0.6) is 0 Å². The van der Waals surface area contributed by atoms with Gasteiger partial charge < -0.3 is 15.2 Å². The van der Waals surface area contributed by atoms with Crippen molar-refractivity contribution in [3.63, 3.8) is 0 Å². The van der Waals surface area contributed by atoms with Gasteiger partial charge in [0.2, 0.25) is 0 Å². The second-order valence-corrected chi connectivity index (χ2v) is 3.96. The van der Waals surface area contributed by atoms with E-state index in [1.807, 2.05) is 6.07 Å². The largest absolute Gasteiger partial charge is 0.396 e. The number of aliphatic hydroxyl groups excluding tert-OH is 1. The number of aliphatic hydroxyl groups is 1. The third-order valence-electron chi connectivity index (χ3n) is 2.61. The van der Waals surface area contributed by atoms with E-state index in [-0.39, 0.29) is 18.5 Å². The van der Waals surface area contributed by atoms with E-state index in [1.165, 1.54) is 18.2 Å². The molecule has 0 radical (unpaired) electrons. The van der Waals surface area contributed by atoms with E-state index in [0.29, 0.717) is 30.7 Å². The number of nitriles is 1. The van der Waals surface area contributed by atoms with Crippen molar-refractivity contribution in [3.8, 4) is 6.07 Å². The molecular weight excluding hydrogens is 235 g/mol. The predicted molar refractivity (Wildman–Crippen MR) is 65.3 cm³/mol. The molecular formula is C13H17FN2O2. The van der Waals surface area contributed by atoms with Crippen molar-refractivity contribution >= 4 is 0 Å². The van der Waals surface area contributed by atoms with E-state index >= 15 is 0 Å². The lowest BCUT2D eigenvalue weighted by Crippen LogP contribution is -2.33. The quantitative estimate of drug-likeness (QED) is 0.765. The summed E-state index contributed by atoms with van der Waals surface area (Å²) in [4.78, 5) is 0. The normalized spacial score (nSPS) is 12.1. The fourth-order valence-electron chi connectivity index (χ4n) is 1.67. The molecule has 0 aliphatic carbocycles. The molecule has 0 amide bonds. The highest BCUT2D eigenvalue weighted by molar-refractivity contribution is 5.37. The molecule has 0 bridgehead atoms. The van der Waals surface area contributed by atoms with Crippen LogP contribution in [0.1, 0.15) is 17.5 Å². The van der Waals surface area contributed by atoms with Gasteiger partial charge in [-0.3, -0.25) is 0 Å². The van der Waals surface area contributed by atoms with Crippen molar-refractivity contribution in [2.75, 3.05) is 20.3 Å². The number of benzene rings is 1. The van der Waals surface area contributed by atoms with E-state index in [0.717, 1.165) is 0 Å². The molecule has 1 aromatic carbocycles. The number of hydrogen-bond donors (Lipinski definition) is 2. The van der Waals surface area contributed by atoms with Gasteiger partial charge in [0, 0.05) is 26.3 Å². The highest BCUT2D eigenvalue weighted by Crippen LogP contribution is 2.10. The maximum Gasteiger partial charge on any atom is 0.123 e. The van der Waals surface area contributed by atoms with Gasteiger partial charge in [0.25, 0.3) is 0 Å². The summed E-state index contributed by atoms with van der Waals surface area (Å²) in [6, 6.07) is 6.07. The predicted octanol–water partition coefficient (Wildman–Crippen LogP) is 1.18. The molecule has 1 aromatic rings. The first-order valence-corrected chi connectivity index (χ1v) is 5.73. The molecule has 0 saturated heterocycles. The summed E-state index contributed by atoms with van der Waals surface area (Å²) in [5, 5.41) is 21.0. The monoisotopic (exact) mass is 252 g/mol. The van der Waals surface area contributed by atoms with Crippen molar-refractivity contribution in [2.45, 2.75) is 19.0 Å². The minimum Gasteiger partial charge on any atom is -0.396 e. The molecule has 0 aliphatic rings. The van der Waals surface area contributed by atoms with E-state index < -0.39 is 0 Å². The number of rotatable bonds is 7. The summed E-state index contributed by atoms with van der Waals surface area (Å²) < 4.78 is 18.1. The van der Waals surface area contributed by atoms with Crippen molar-refractivity contribution < 1.29 is 14.2 Å². The highest BCUT2D eigenvalue weighted by Gasteiger charge is 2.09. The maximum atomic E-state index is 13.1. The summed E-state index contributed by atoms with van der Waals surface area (Å²) in [5.41, 5.74) is 1.06. The van der Waals surface area contributed by atoms with Gasteiger partial charge in [-0.25, -0.2) is 4.39 Å². The number of hydrogen-bond acceptors (Lipinski definition) is 4. The van der Waals surface area contributed by atoms with Gasteiger partial charge >= 0.3 is 0 Å². The highest BCUT2D eigenvalue weighted by atomic mass is 19.1. The van der Waals surface area contributed by atoms with E-state index in [2.05, 4.69) is 5.32 Å². The first kappa shape index (κ1) is 14.6. The van der Waals surface area contributed by atoms with Gasteiger partial charge in [-0.05, 0) is 30.2 Å². The van der Waals surface area contributed by atoms with Gasteiger partial charge in [-0.1, -0.05) is 0 Å². The van der Waals surface area contributed by atoms with E-state index in [1.54, 1.807) is 7.11 Å². The average Bonchev–Trinajstić information content (AvgIpc) is 2.36. The minimum absolute atomic E-state index is 0.0187. The molecule has 1 rings (SSSR count). The maximum absolute atomic E-state index is 13.1. The molecule has 2 N–H and O–H groups in total. The second-order valence-electron chi connectivity index (χ2n) is 3.96. The summed E-state index contributed by atoms with van der Waals surface area (Å²) in [6.07, 6.45) is 0.547. The lowest BCUT2D eigenvalue weighted by atomic mass is 10.1. The average molecular weight is 252 g/mol. The Morgan fingerprint density at radius 3 is 2.94 bits per heavy atom. The van der Waals surface area contributed by atoms with E-state index in [9.17, 15) is 4.39 Å². The van der Waals surface area contributed by atoms with Crippen molar-refractivity contribution in [1.82, 2.24) is 5.32 Å². The van der Waals surface area contributed by atoms with Crippen LogP contribution < -0.4 is 5.32 Å². The number of methoxy groups -OCH3 is 1. The van der Waals surface area contributed by atoms with Crippen LogP contribution in [0.25, 0.3) is 0 Å². The van der Waals surface area contributed by atoms with Gasteiger partial charge in [0.05, 0.1) is 18.2 Å². The topological polar surface area (TPSA) is 65.3 Å². The van der Waals surface area contributed by atoms with Gasteiger partial charge in [-0.15, -0.1) is 0 Å². The third kappa shape index (κ3) is 4.41. The van der Waals surface area contributed by atoms with Crippen LogP contribution in [0.2, 0.25) is 0 Å².